The first-order valence-corrected chi connectivity index (χ1v) is 6.96. The van der Waals surface area contributed by atoms with Gasteiger partial charge in [-0.1, -0.05) is 0 Å². The van der Waals surface area contributed by atoms with Crippen LogP contribution in [0.1, 0.15) is 25.2 Å². The minimum atomic E-state index is -4.24. The fourth-order valence-corrected chi connectivity index (χ4v) is 1.86. The van der Waals surface area contributed by atoms with Crippen LogP contribution in [-0.2, 0) is 14.9 Å². The summed E-state index contributed by atoms with van der Waals surface area (Å²) < 4.78 is 31.6. The lowest BCUT2D eigenvalue weighted by molar-refractivity contribution is 0.121. The van der Waals surface area contributed by atoms with E-state index in [1.54, 1.807) is 24.6 Å². The van der Waals surface area contributed by atoms with Crippen molar-refractivity contribution in [1.29, 1.82) is 5.26 Å². The number of rotatable bonds is 4. The second-order valence-electron chi connectivity index (χ2n) is 3.95. The van der Waals surface area contributed by atoms with E-state index in [0.717, 1.165) is 0 Å². The second kappa shape index (κ2) is 6.16. The normalized spacial score (nSPS) is 10.8. The summed E-state index contributed by atoms with van der Waals surface area (Å²) in [4.78, 5) is 18.8. The van der Waals surface area contributed by atoms with Crippen molar-refractivity contribution in [3.8, 4) is 6.07 Å². The van der Waals surface area contributed by atoms with Crippen LogP contribution < -0.4 is 9.44 Å². The largest absolute Gasteiger partial charge is 0.446 e. The van der Waals surface area contributed by atoms with Crippen LogP contribution >= 0.6 is 0 Å². The Bertz CT molecular complexity index is 650. The van der Waals surface area contributed by atoms with Crippen LogP contribution in [0.4, 0.5) is 10.6 Å². The van der Waals surface area contributed by atoms with E-state index in [-0.39, 0.29) is 17.2 Å². The van der Waals surface area contributed by atoms with E-state index in [4.69, 9.17) is 5.26 Å². The van der Waals surface area contributed by atoms with Crippen molar-refractivity contribution in [2.24, 2.45) is 0 Å². The summed E-state index contributed by atoms with van der Waals surface area (Å²) in [6.45, 7) is 4.67. The van der Waals surface area contributed by atoms with Gasteiger partial charge in [-0.25, -0.2) is 24.2 Å². The number of aromatic nitrogens is 2. The highest BCUT2D eigenvalue weighted by Crippen LogP contribution is 2.11. The lowest BCUT2D eigenvalue weighted by atomic mass is 10.3. The third-order valence-corrected chi connectivity index (χ3v) is 2.72. The van der Waals surface area contributed by atoms with E-state index in [0.29, 0.717) is 0 Å². The molecule has 0 spiro atoms. The van der Waals surface area contributed by atoms with Crippen LogP contribution in [0.3, 0.4) is 0 Å². The third-order valence-electron chi connectivity index (χ3n) is 1.82. The first kappa shape index (κ1) is 15.6. The number of hydrogen-bond acceptors (Lipinski definition) is 7. The predicted octanol–water partition coefficient (Wildman–Crippen LogP) is 0.448. The number of anilines is 1. The predicted molar refractivity (Wildman–Crippen MR) is 68.8 cm³/mol. The number of nitrogens with one attached hydrogen (secondary N) is 2. The zero-order chi connectivity index (χ0) is 15.3. The number of nitriles is 1. The van der Waals surface area contributed by atoms with Gasteiger partial charge in [0.05, 0.1) is 12.3 Å². The van der Waals surface area contributed by atoms with Gasteiger partial charge in [0.25, 0.3) is 0 Å². The van der Waals surface area contributed by atoms with Crippen LogP contribution in [-0.4, -0.2) is 30.6 Å². The Kier molecular flexibility index (Phi) is 4.82. The van der Waals surface area contributed by atoms with Crippen LogP contribution in [0.2, 0.25) is 0 Å². The maximum atomic E-state index is 11.7. The average Bonchev–Trinajstić information content (AvgIpc) is 2.26. The molecule has 0 aromatic carbocycles. The number of nitrogens with zero attached hydrogens (tertiary/aromatic N) is 3. The Balaban J connectivity index is 2.89. The molecule has 1 heterocycles. The summed E-state index contributed by atoms with van der Waals surface area (Å²) in [5.41, 5.74) is -0.0711. The first-order chi connectivity index (χ1) is 9.23. The van der Waals surface area contributed by atoms with Crippen LogP contribution in [0.25, 0.3) is 0 Å². The topological polar surface area (TPSA) is 134 Å². The van der Waals surface area contributed by atoms with Crippen LogP contribution in [0.15, 0.2) is 6.20 Å². The molecule has 108 valence electrons. The SMILES string of the molecule is Cc1ncc(C#N)c(NS(=O)(=O)NC(=O)OC(C)C)n1. The van der Waals surface area contributed by atoms with E-state index >= 15 is 0 Å². The Hall–Kier alpha value is -2.41. The molecule has 0 aliphatic carbocycles. The Morgan fingerprint density at radius 3 is 2.70 bits per heavy atom. The molecule has 0 unspecified atom stereocenters. The van der Waals surface area contributed by atoms with Crippen LogP contribution in [0.5, 0.6) is 0 Å². The molecule has 0 aliphatic heterocycles. The van der Waals surface area contributed by atoms with Crippen molar-refractivity contribution < 1.29 is 17.9 Å². The van der Waals surface area contributed by atoms with Gasteiger partial charge in [-0.05, 0) is 20.8 Å². The maximum absolute atomic E-state index is 11.7. The summed E-state index contributed by atoms with van der Waals surface area (Å²) >= 11 is 0. The van der Waals surface area contributed by atoms with E-state index in [9.17, 15) is 13.2 Å². The van der Waals surface area contributed by atoms with Crippen molar-refractivity contribution in [3.63, 3.8) is 0 Å². The van der Waals surface area contributed by atoms with E-state index < -0.39 is 22.4 Å². The van der Waals surface area contributed by atoms with E-state index in [1.807, 2.05) is 4.72 Å². The monoisotopic (exact) mass is 299 g/mol. The Morgan fingerprint density at radius 1 is 1.50 bits per heavy atom. The molecule has 0 atom stereocenters. The zero-order valence-electron chi connectivity index (χ0n) is 11.0. The lowest BCUT2D eigenvalue weighted by Gasteiger charge is -2.11. The molecule has 0 saturated heterocycles. The van der Waals surface area contributed by atoms with Crippen molar-refractivity contribution in [2.45, 2.75) is 26.9 Å². The second-order valence-corrected chi connectivity index (χ2v) is 5.37. The lowest BCUT2D eigenvalue weighted by Crippen LogP contribution is -2.37. The molecule has 0 fully saturated rings. The van der Waals surface area contributed by atoms with Crippen molar-refractivity contribution >= 4 is 22.1 Å². The Labute approximate surface area is 116 Å². The molecule has 1 amide bonds. The molecule has 1 aromatic rings. The minimum absolute atomic E-state index is 0.0711. The molecule has 1 rings (SSSR count). The van der Waals surface area contributed by atoms with Gasteiger partial charge in [-0.15, -0.1) is 0 Å². The summed E-state index contributed by atoms with van der Waals surface area (Å²) in [6, 6.07) is 1.74. The van der Waals surface area contributed by atoms with Gasteiger partial charge in [-0.3, -0.25) is 0 Å². The minimum Gasteiger partial charge on any atom is -0.446 e. The number of aryl methyl sites for hydroxylation is 1. The highest BCUT2D eigenvalue weighted by Gasteiger charge is 2.19. The molecule has 0 aliphatic rings. The van der Waals surface area contributed by atoms with Gasteiger partial charge in [0.2, 0.25) is 0 Å². The van der Waals surface area contributed by atoms with Crippen molar-refractivity contribution in [1.82, 2.24) is 14.7 Å². The molecule has 0 saturated carbocycles. The van der Waals surface area contributed by atoms with Gasteiger partial charge in [0.15, 0.2) is 5.82 Å². The van der Waals surface area contributed by atoms with Gasteiger partial charge in [0, 0.05) is 0 Å². The van der Waals surface area contributed by atoms with Crippen molar-refractivity contribution in [3.05, 3.63) is 17.6 Å². The van der Waals surface area contributed by atoms with E-state index in [2.05, 4.69) is 14.7 Å². The van der Waals surface area contributed by atoms with Gasteiger partial charge >= 0.3 is 16.3 Å². The number of amides is 1. The number of ether oxygens (including phenoxy) is 1. The number of carbonyl (C=O) groups is 1. The quantitative estimate of drug-likeness (QED) is 0.824. The molecule has 0 radical (unpaired) electrons. The fraction of sp³-hybridized carbons (Fsp3) is 0.400. The van der Waals surface area contributed by atoms with E-state index in [1.165, 1.54) is 13.1 Å². The van der Waals surface area contributed by atoms with Crippen LogP contribution in [0, 0.1) is 18.3 Å². The zero-order valence-corrected chi connectivity index (χ0v) is 11.9. The molecule has 2 N–H and O–H groups in total. The summed E-state index contributed by atoms with van der Waals surface area (Å²) in [5, 5.41) is 8.83. The highest BCUT2D eigenvalue weighted by molar-refractivity contribution is 7.91. The molecule has 20 heavy (non-hydrogen) atoms. The van der Waals surface area contributed by atoms with Crippen molar-refractivity contribution in [2.75, 3.05) is 4.72 Å². The van der Waals surface area contributed by atoms with Gasteiger partial charge < -0.3 is 4.74 Å². The smallest absolute Gasteiger partial charge is 0.422 e. The van der Waals surface area contributed by atoms with Gasteiger partial charge in [-0.2, -0.15) is 13.7 Å². The summed E-state index contributed by atoms with van der Waals surface area (Å²) in [5.74, 6) is 0.0521. The fourth-order valence-electron chi connectivity index (χ4n) is 1.13. The average molecular weight is 299 g/mol. The molecular weight excluding hydrogens is 286 g/mol. The summed E-state index contributed by atoms with van der Waals surface area (Å²) in [6.07, 6.45) is -0.426. The first-order valence-electron chi connectivity index (χ1n) is 5.48. The maximum Gasteiger partial charge on any atom is 0.422 e. The summed E-state index contributed by atoms with van der Waals surface area (Å²) in [7, 11) is -4.24. The Morgan fingerprint density at radius 2 is 2.15 bits per heavy atom. The number of hydrogen-bond donors (Lipinski definition) is 2. The molecule has 9 nitrogen and oxygen atoms in total. The molecule has 0 bridgehead atoms. The molecule has 10 heteroatoms. The standard InChI is InChI=1S/C10H13N5O4S/c1-6(2)19-10(16)15-20(17,18)14-9-8(4-11)5-12-7(3)13-9/h5-6H,1-3H3,(H,15,16)(H,12,13,14). The highest BCUT2D eigenvalue weighted by atomic mass is 32.2. The third kappa shape index (κ3) is 4.69. The number of carbonyl (C=O) groups excluding carboxylic acids is 1. The van der Waals surface area contributed by atoms with Gasteiger partial charge in [0.1, 0.15) is 17.5 Å². The molecular formula is C10H13N5O4S. The molecule has 1 aromatic heterocycles.